The first-order valence-electron chi connectivity index (χ1n) is 6.08. The molecule has 102 valence electrons. The number of halogens is 1. The molecule has 3 amide bonds. The van der Waals surface area contributed by atoms with Crippen LogP contribution in [-0.2, 0) is 4.79 Å². The van der Waals surface area contributed by atoms with Gasteiger partial charge in [-0.15, -0.1) is 11.8 Å². The topological polar surface area (TPSA) is 58.2 Å². The Morgan fingerprint density at radius 3 is 2.79 bits per heavy atom. The van der Waals surface area contributed by atoms with E-state index in [0.717, 1.165) is 17.7 Å². The number of carbonyl (C=O) groups excluding carboxylic acids is 2. The van der Waals surface area contributed by atoms with Crippen molar-refractivity contribution in [1.82, 2.24) is 10.6 Å². The third-order valence-electron chi connectivity index (χ3n) is 2.63. The van der Waals surface area contributed by atoms with Crippen molar-refractivity contribution < 1.29 is 9.59 Å². The molecule has 1 aromatic rings. The second-order valence-electron chi connectivity index (χ2n) is 4.45. The number of imide groups is 1. The quantitative estimate of drug-likeness (QED) is 0.840. The summed E-state index contributed by atoms with van der Waals surface area (Å²) in [6.45, 7) is 1.76. The zero-order valence-electron chi connectivity index (χ0n) is 10.5. The predicted octanol–water partition coefficient (Wildman–Crippen LogP) is 2.81. The summed E-state index contributed by atoms with van der Waals surface area (Å²) in [5.41, 5.74) is 0. The van der Waals surface area contributed by atoms with Gasteiger partial charge in [-0.25, -0.2) is 4.79 Å². The lowest BCUT2D eigenvalue weighted by molar-refractivity contribution is -0.119. The molecule has 4 nitrogen and oxygen atoms in total. The van der Waals surface area contributed by atoms with Crippen molar-refractivity contribution in [3.05, 3.63) is 29.3 Å². The summed E-state index contributed by atoms with van der Waals surface area (Å²) >= 11 is 7.24. The molecule has 19 heavy (non-hydrogen) atoms. The van der Waals surface area contributed by atoms with Gasteiger partial charge in [0.1, 0.15) is 0 Å². The Labute approximate surface area is 121 Å². The highest BCUT2D eigenvalue weighted by atomic mass is 35.5. The molecule has 0 aliphatic heterocycles. The van der Waals surface area contributed by atoms with E-state index in [9.17, 15) is 9.59 Å². The number of benzene rings is 1. The van der Waals surface area contributed by atoms with Crippen LogP contribution in [0.2, 0.25) is 5.02 Å². The van der Waals surface area contributed by atoms with Gasteiger partial charge in [-0.3, -0.25) is 10.1 Å². The maximum Gasteiger partial charge on any atom is 0.321 e. The minimum Gasteiger partial charge on any atom is -0.335 e. The van der Waals surface area contributed by atoms with E-state index < -0.39 is 6.03 Å². The average molecular weight is 299 g/mol. The Morgan fingerprint density at radius 2 is 2.16 bits per heavy atom. The molecular weight excluding hydrogens is 284 g/mol. The summed E-state index contributed by atoms with van der Waals surface area (Å²) in [5, 5.41) is 5.33. The summed E-state index contributed by atoms with van der Waals surface area (Å²) in [6, 6.07) is 7.11. The highest BCUT2D eigenvalue weighted by molar-refractivity contribution is 8.00. The fourth-order valence-electron chi connectivity index (χ4n) is 1.46. The third-order valence-corrected chi connectivity index (χ3v) is 3.96. The van der Waals surface area contributed by atoms with Gasteiger partial charge in [0.25, 0.3) is 0 Å². The van der Waals surface area contributed by atoms with Crippen molar-refractivity contribution in [2.24, 2.45) is 0 Å². The van der Waals surface area contributed by atoms with Gasteiger partial charge in [-0.05, 0) is 38.0 Å². The molecule has 6 heteroatoms. The molecule has 0 aromatic heterocycles. The molecule has 0 radical (unpaired) electrons. The van der Waals surface area contributed by atoms with Gasteiger partial charge in [0.05, 0.1) is 5.25 Å². The normalized spacial score (nSPS) is 15.7. The van der Waals surface area contributed by atoms with Crippen LogP contribution in [0.15, 0.2) is 29.2 Å². The van der Waals surface area contributed by atoms with Gasteiger partial charge < -0.3 is 5.32 Å². The Bertz CT molecular complexity index is 491. The number of hydrogen-bond acceptors (Lipinski definition) is 3. The minimum atomic E-state index is -0.411. The van der Waals surface area contributed by atoms with Crippen LogP contribution in [0.5, 0.6) is 0 Å². The van der Waals surface area contributed by atoms with E-state index in [2.05, 4.69) is 10.6 Å². The zero-order valence-corrected chi connectivity index (χ0v) is 12.1. The van der Waals surface area contributed by atoms with E-state index in [1.54, 1.807) is 19.1 Å². The number of rotatable bonds is 4. The van der Waals surface area contributed by atoms with Crippen LogP contribution < -0.4 is 10.6 Å². The lowest BCUT2D eigenvalue weighted by atomic mass is 10.4. The standard InChI is InChI=1S/C13H15ClN2O2S/c1-8(19-11-4-2-3-9(14)7-11)12(17)16-13(18)15-10-5-6-10/h2-4,7-8,10H,5-6H2,1H3,(H2,15,16,17,18). The monoisotopic (exact) mass is 298 g/mol. The van der Waals surface area contributed by atoms with Crippen LogP contribution in [0.3, 0.4) is 0 Å². The first-order valence-corrected chi connectivity index (χ1v) is 7.34. The zero-order chi connectivity index (χ0) is 13.8. The molecular formula is C13H15ClN2O2S. The minimum absolute atomic E-state index is 0.240. The molecule has 1 atom stereocenters. The van der Waals surface area contributed by atoms with Gasteiger partial charge >= 0.3 is 6.03 Å². The molecule has 1 aliphatic rings. The van der Waals surface area contributed by atoms with Crippen LogP contribution in [0.25, 0.3) is 0 Å². The lowest BCUT2D eigenvalue weighted by Crippen LogP contribution is -2.43. The fourth-order valence-corrected chi connectivity index (χ4v) is 2.64. The van der Waals surface area contributed by atoms with E-state index in [1.807, 2.05) is 12.1 Å². The highest BCUT2D eigenvalue weighted by Crippen LogP contribution is 2.25. The Hall–Kier alpha value is -1.20. The SMILES string of the molecule is CC(Sc1cccc(Cl)c1)C(=O)NC(=O)NC1CC1. The molecule has 0 spiro atoms. The molecule has 1 aliphatic carbocycles. The molecule has 1 aromatic carbocycles. The van der Waals surface area contributed by atoms with Crippen LogP contribution in [0, 0.1) is 0 Å². The smallest absolute Gasteiger partial charge is 0.321 e. The molecule has 1 saturated carbocycles. The summed E-state index contributed by atoms with van der Waals surface area (Å²) in [7, 11) is 0. The number of nitrogens with one attached hydrogen (secondary N) is 2. The van der Waals surface area contributed by atoms with Gasteiger partial charge in [-0.1, -0.05) is 17.7 Å². The summed E-state index contributed by atoms with van der Waals surface area (Å²) in [5.74, 6) is -0.303. The largest absolute Gasteiger partial charge is 0.335 e. The summed E-state index contributed by atoms with van der Waals surface area (Å²) < 4.78 is 0. The highest BCUT2D eigenvalue weighted by Gasteiger charge is 2.25. The fraction of sp³-hybridized carbons (Fsp3) is 0.385. The molecule has 1 unspecified atom stereocenters. The summed E-state index contributed by atoms with van der Waals surface area (Å²) in [4.78, 5) is 24.2. The van der Waals surface area contributed by atoms with E-state index in [-0.39, 0.29) is 17.2 Å². The number of amides is 3. The first-order chi connectivity index (χ1) is 9.04. The average Bonchev–Trinajstić information content (AvgIpc) is 3.12. The van der Waals surface area contributed by atoms with E-state index in [0.29, 0.717) is 5.02 Å². The molecule has 0 bridgehead atoms. The molecule has 0 saturated heterocycles. The van der Waals surface area contributed by atoms with Gasteiger partial charge in [0.2, 0.25) is 5.91 Å². The van der Waals surface area contributed by atoms with Crippen LogP contribution in [0.1, 0.15) is 19.8 Å². The number of hydrogen-bond donors (Lipinski definition) is 2. The Balaban J connectivity index is 1.82. The van der Waals surface area contributed by atoms with Crippen molar-refractivity contribution in [1.29, 1.82) is 0 Å². The van der Waals surface area contributed by atoms with Crippen molar-refractivity contribution in [2.75, 3.05) is 0 Å². The van der Waals surface area contributed by atoms with Gasteiger partial charge in [0.15, 0.2) is 0 Å². The maximum atomic E-state index is 11.8. The van der Waals surface area contributed by atoms with E-state index in [4.69, 9.17) is 11.6 Å². The molecule has 2 N–H and O–H groups in total. The van der Waals surface area contributed by atoms with Crippen LogP contribution in [0.4, 0.5) is 4.79 Å². The molecule has 1 fully saturated rings. The van der Waals surface area contributed by atoms with Crippen molar-refractivity contribution >= 4 is 35.3 Å². The first kappa shape index (κ1) is 14.2. The van der Waals surface area contributed by atoms with Crippen LogP contribution in [-0.4, -0.2) is 23.2 Å². The number of urea groups is 1. The number of thioether (sulfide) groups is 1. The van der Waals surface area contributed by atoms with Gasteiger partial charge in [0, 0.05) is 16.0 Å². The molecule has 2 rings (SSSR count). The van der Waals surface area contributed by atoms with Crippen molar-refractivity contribution in [2.45, 2.75) is 36.0 Å². The summed E-state index contributed by atoms with van der Waals surface area (Å²) in [6.07, 6.45) is 1.99. The maximum absolute atomic E-state index is 11.8. The Kier molecular flexibility index (Phi) is 4.71. The van der Waals surface area contributed by atoms with Gasteiger partial charge in [-0.2, -0.15) is 0 Å². The lowest BCUT2D eigenvalue weighted by Gasteiger charge is -2.11. The number of carbonyl (C=O) groups is 2. The van der Waals surface area contributed by atoms with Crippen LogP contribution >= 0.6 is 23.4 Å². The van der Waals surface area contributed by atoms with Crippen molar-refractivity contribution in [3.8, 4) is 0 Å². The Morgan fingerprint density at radius 1 is 1.42 bits per heavy atom. The van der Waals surface area contributed by atoms with E-state index in [1.165, 1.54) is 11.8 Å². The molecule has 0 heterocycles. The second kappa shape index (κ2) is 6.30. The third kappa shape index (κ3) is 4.76. The van der Waals surface area contributed by atoms with Crippen molar-refractivity contribution in [3.63, 3.8) is 0 Å². The second-order valence-corrected chi connectivity index (χ2v) is 6.31. The predicted molar refractivity (Wildman–Crippen MR) is 76.5 cm³/mol. The van der Waals surface area contributed by atoms with E-state index >= 15 is 0 Å².